The first kappa shape index (κ1) is 15.6. The second kappa shape index (κ2) is 6.18. The first-order chi connectivity index (χ1) is 11.6. The molecular weight excluding hydrogens is 306 g/mol. The van der Waals surface area contributed by atoms with Gasteiger partial charge in [-0.2, -0.15) is 0 Å². The number of hydrogen-bond acceptors (Lipinski definition) is 4. The van der Waals surface area contributed by atoms with Gasteiger partial charge in [0.25, 0.3) is 0 Å². The number of nitrogens with zero attached hydrogens (tertiary/aromatic N) is 4. The summed E-state index contributed by atoms with van der Waals surface area (Å²) in [5, 5.41) is 11.4. The summed E-state index contributed by atoms with van der Waals surface area (Å²) in [7, 11) is 0. The van der Waals surface area contributed by atoms with E-state index in [4.69, 9.17) is 0 Å². The second-order valence-electron chi connectivity index (χ2n) is 7.40. The number of nitrogens with one attached hydrogen (secondary N) is 1. The molecule has 4 rings (SSSR count). The van der Waals surface area contributed by atoms with E-state index in [1.807, 2.05) is 11.8 Å². The van der Waals surface area contributed by atoms with Gasteiger partial charge in [-0.05, 0) is 26.2 Å². The Morgan fingerprint density at radius 1 is 1.17 bits per heavy atom. The Bertz CT molecular complexity index is 649. The fourth-order valence-electron chi connectivity index (χ4n) is 4.38. The third-order valence-corrected chi connectivity index (χ3v) is 5.77. The van der Waals surface area contributed by atoms with Crippen molar-refractivity contribution in [3.05, 3.63) is 11.6 Å². The van der Waals surface area contributed by atoms with E-state index >= 15 is 0 Å². The molecular formula is C17H25N5O2. The van der Waals surface area contributed by atoms with E-state index < -0.39 is 0 Å². The highest BCUT2D eigenvalue weighted by Crippen LogP contribution is 2.29. The van der Waals surface area contributed by atoms with Crippen molar-refractivity contribution in [2.75, 3.05) is 6.54 Å². The maximum Gasteiger partial charge on any atom is 0.225 e. The molecule has 7 nitrogen and oxygen atoms in total. The number of fused-ring (bicyclic) bond motifs is 1. The van der Waals surface area contributed by atoms with Gasteiger partial charge in [-0.1, -0.05) is 12.8 Å². The van der Waals surface area contributed by atoms with Crippen molar-refractivity contribution in [3.8, 4) is 0 Å². The minimum Gasteiger partial charge on any atom is -0.351 e. The zero-order valence-corrected chi connectivity index (χ0v) is 14.2. The summed E-state index contributed by atoms with van der Waals surface area (Å²) in [6, 6.07) is 0.475. The van der Waals surface area contributed by atoms with Gasteiger partial charge in [-0.25, -0.2) is 0 Å². The first-order valence-electron chi connectivity index (χ1n) is 9.10. The van der Waals surface area contributed by atoms with Gasteiger partial charge in [0.05, 0.1) is 5.92 Å². The number of carbonyl (C=O) groups excluding carboxylic acids is 2. The fourth-order valence-corrected chi connectivity index (χ4v) is 4.38. The average molecular weight is 331 g/mol. The van der Waals surface area contributed by atoms with Gasteiger partial charge < -0.3 is 14.8 Å². The van der Waals surface area contributed by atoms with Crippen molar-refractivity contribution in [3.63, 3.8) is 0 Å². The van der Waals surface area contributed by atoms with E-state index in [1.165, 1.54) is 12.8 Å². The number of hydrogen-bond donors (Lipinski definition) is 1. The average Bonchev–Trinajstić information content (AvgIpc) is 3.28. The number of rotatable bonds is 3. The summed E-state index contributed by atoms with van der Waals surface area (Å²) in [5.74, 6) is 1.89. The zero-order chi connectivity index (χ0) is 16.7. The van der Waals surface area contributed by atoms with Gasteiger partial charge in [0.2, 0.25) is 11.8 Å². The number of likely N-dealkylation sites (tertiary alicyclic amines) is 1. The Morgan fingerprint density at radius 2 is 1.96 bits per heavy atom. The predicted molar refractivity (Wildman–Crippen MR) is 87.1 cm³/mol. The highest BCUT2D eigenvalue weighted by Gasteiger charge is 2.39. The molecule has 1 aromatic rings. The van der Waals surface area contributed by atoms with Crippen LogP contribution in [0.4, 0.5) is 0 Å². The number of aryl methyl sites for hydroxylation is 2. The minimum atomic E-state index is -0.193. The lowest BCUT2D eigenvalue weighted by atomic mass is 10.0. The van der Waals surface area contributed by atoms with Gasteiger partial charge >= 0.3 is 0 Å². The van der Waals surface area contributed by atoms with Crippen molar-refractivity contribution in [1.29, 1.82) is 0 Å². The Hall–Kier alpha value is -1.92. The van der Waals surface area contributed by atoms with E-state index in [0.29, 0.717) is 19.0 Å². The Labute approximate surface area is 141 Å². The van der Waals surface area contributed by atoms with Crippen molar-refractivity contribution in [2.45, 2.75) is 70.5 Å². The quantitative estimate of drug-likeness (QED) is 0.889. The molecule has 1 N–H and O–H groups in total. The van der Waals surface area contributed by atoms with Crippen molar-refractivity contribution in [2.24, 2.45) is 5.92 Å². The van der Waals surface area contributed by atoms with Crippen LogP contribution >= 0.6 is 0 Å². The summed E-state index contributed by atoms with van der Waals surface area (Å²) >= 11 is 0. The van der Waals surface area contributed by atoms with Gasteiger partial charge in [0.1, 0.15) is 11.6 Å². The number of carbonyl (C=O) groups is 2. The van der Waals surface area contributed by atoms with Gasteiger partial charge in [0.15, 0.2) is 0 Å². The van der Waals surface area contributed by atoms with Crippen LogP contribution in [0.15, 0.2) is 0 Å². The molecule has 0 bridgehead atoms. The van der Waals surface area contributed by atoms with Crippen LogP contribution in [0, 0.1) is 12.8 Å². The third kappa shape index (κ3) is 2.80. The molecule has 1 aromatic heterocycles. The Morgan fingerprint density at radius 3 is 2.75 bits per heavy atom. The molecule has 3 heterocycles. The smallest absolute Gasteiger partial charge is 0.225 e. The third-order valence-electron chi connectivity index (χ3n) is 5.77. The van der Waals surface area contributed by atoms with E-state index in [9.17, 15) is 9.59 Å². The SMILES string of the molecule is Cc1nnc2n1C[C@H](NC(=O)[C@H]1CC(=O)N(C3CCCC3)C1)CC2. The monoisotopic (exact) mass is 331 g/mol. The van der Waals surface area contributed by atoms with Crippen LogP contribution < -0.4 is 5.32 Å². The molecule has 3 aliphatic rings. The van der Waals surface area contributed by atoms with Crippen molar-refractivity contribution >= 4 is 11.8 Å². The minimum absolute atomic E-state index is 0.0306. The molecule has 1 aliphatic carbocycles. The molecule has 0 unspecified atom stereocenters. The van der Waals surface area contributed by atoms with Crippen LogP contribution in [-0.2, 0) is 22.6 Å². The lowest BCUT2D eigenvalue weighted by molar-refractivity contribution is -0.130. The van der Waals surface area contributed by atoms with Crippen molar-refractivity contribution < 1.29 is 9.59 Å². The lowest BCUT2D eigenvalue weighted by Gasteiger charge is -2.27. The van der Waals surface area contributed by atoms with Crippen LogP contribution in [0.3, 0.4) is 0 Å². The standard InChI is InChI=1S/C17H25N5O2/c1-11-19-20-15-7-6-13(10-21(11)15)18-17(24)12-8-16(23)22(9-12)14-4-2-3-5-14/h12-14H,2-10H2,1H3,(H,18,24)/t12-,13+/m0/s1. The highest BCUT2D eigenvalue weighted by molar-refractivity contribution is 5.89. The summed E-state index contributed by atoms with van der Waals surface area (Å²) < 4.78 is 2.08. The maximum absolute atomic E-state index is 12.6. The van der Waals surface area contributed by atoms with Crippen molar-refractivity contribution in [1.82, 2.24) is 25.0 Å². The van der Waals surface area contributed by atoms with Crippen LogP contribution in [0.25, 0.3) is 0 Å². The number of amides is 2. The molecule has 0 radical (unpaired) electrons. The maximum atomic E-state index is 12.6. The molecule has 2 aliphatic heterocycles. The summed E-state index contributed by atoms with van der Waals surface area (Å²) in [5.41, 5.74) is 0. The molecule has 2 atom stereocenters. The van der Waals surface area contributed by atoms with Crippen LogP contribution in [-0.4, -0.2) is 50.1 Å². The first-order valence-corrected chi connectivity index (χ1v) is 9.10. The summed E-state index contributed by atoms with van der Waals surface area (Å²) in [6.45, 7) is 3.27. The molecule has 0 spiro atoms. The molecule has 0 aromatic carbocycles. The van der Waals surface area contributed by atoms with Gasteiger partial charge in [-0.3, -0.25) is 9.59 Å². The van der Waals surface area contributed by atoms with E-state index in [2.05, 4.69) is 20.1 Å². The topological polar surface area (TPSA) is 80.1 Å². The summed E-state index contributed by atoms with van der Waals surface area (Å²) in [4.78, 5) is 26.8. The lowest BCUT2D eigenvalue weighted by Crippen LogP contribution is -2.44. The molecule has 1 saturated heterocycles. The summed E-state index contributed by atoms with van der Waals surface area (Å²) in [6.07, 6.45) is 6.69. The van der Waals surface area contributed by atoms with E-state index in [0.717, 1.165) is 43.9 Å². The molecule has 2 amide bonds. The van der Waals surface area contributed by atoms with Crippen LogP contribution in [0.5, 0.6) is 0 Å². The zero-order valence-electron chi connectivity index (χ0n) is 14.2. The van der Waals surface area contributed by atoms with Crippen LogP contribution in [0.1, 0.15) is 50.2 Å². The van der Waals surface area contributed by atoms with E-state index in [-0.39, 0.29) is 23.8 Å². The van der Waals surface area contributed by atoms with E-state index in [1.54, 1.807) is 0 Å². The fraction of sp³-hybridized carbons (Fsp3) is 0.765. The number of aromatic nitrogens is 3. The second-order valence-corrected chi connectivity index (χ2v) is 7.40. The van der Waals surface area contributed by atoms with Gasteiger partial charge in [-0.15, -0.1) is 10.2 Å². The molecule has 1 saturated carbocycles. The Kier molecular flexibility index (Phi) is 4.02. The Balaban J connectivity index is 1.35. The molecule has 2 fully saturated rings. The van der Waals surface area contributed by atoms with Crippen LogP contribution in [0.2, 0.25) is 0 Å². The normalized spacial score (nSPS) is 27.5. The van der Waals surface area contributed by atoms with Gasteiger partial charge in [0, 0.05) is 38.0 Å². The predicted octanol–water partition coefficient (Wildman–Crippen LogP) is 0.809. The molecule has 130 valence electrons. The largest absolute Gasteiger partial charge is 0.351 e. The highest BCUT2D eigenvalue weighted by atomic mass is 16.2. The molecule has 24 heavy (non-hydrogen) atoms. The molecule has 7 heteroatoms.